The molecule has 0 spiro atoms. The van der Waals surface area contributed by atoms with Gasteiger partial charge in [0.1, 0.15) is 0 Å². The minimum Gasteiger partial charge on any atom is -0.348 e. The lowest BCUT2D eigenvalue weighted by atomic mass is 9.78. The van der Waals surface area contributed by atoms with Crippen LogP contribution in [0.25, 0.3) is 0 Å². The molecule has 0 N–H and O–H groups in total. The highest BCUT2D eigenvalue weighted by atomic mass is 35.5. The van der Waals surface area contributed by atoms with Gasteiger partial charge in [0.2, 0.25) is 0 Å². The lowest BCUT2D eigenvalue weighted by Gasteiger charge is -2.41. The van der Waals surface area contributed by atoms with Gasteiger partial charge in [-0.1, -0.05) is 0 Å². The Morgan fingerprint density at radius 3 is 3.00 bits per heavy atom. The molecular weight excluding hydrogens is 234 g/mol. The summed E-state index contributed by atoms with van der Waals surface area (Å²) in [7, 11) is 0. The maximum atomic E-state index is 11.7. The van der Waals surface area contributed by atoms with Gasteiger partial charge in [-0.05, 0) is 44.9 Å². The van der Waals surface area contributed by atoms with Crippen molar-refractivity contribution in [2.45, 2.75) is 50.4 Å². The standard InChI is InChI=1S/C14H18ClNO/c1-9-12-4-2-10-8-11(15)3-5-13(10)16(12)7-6-14(9)17/h6-7,10-11,13H,2-5,8H2,1H3. The summed E-state index contributed by atoms with van der Waals surface area (Å²) in [5.74, 6) is 0.709. The highest BCUT2D eigenvalue weighted by molar-refractivity contribution is 6.20. The van der Waals surface area contributed by atoms with Gasteiger partial charge in [0.05, 0.1) is 0 Å². The van der Waals surface area contributed by atoms with Crippen molar-refractivity contribution in [1.82, 2.24) is 4.57 Å². The van der Waals surface area contributed by atoms with E-state index in [1.54, 1.807) is 6.07 Å². The van der Waals surface area contributed by atoms with Gasteiger partial charge in [-0.25, -0.2) is 0 Å². The van der Waals surface area contributed by atoms with E-state index in [1.807, 2.05) is 13.1 Å². The number of rotatable bonds is 0. The summed E-state index contributed by atoms with van der Waals surface area (Å²) in [6.45, 7) is 1.96. The van der Waals surface area contributed by atoms with Crippen molar-refractivity contribution in [2.24, 2.45) is 5.92 Å². The number of halogens is 1. The molecule has 0 radical (unpaired) electrons. The van der Waals surface area contributed by atoms with E-state index in [4.69, 9.17) is 11.6 Å². The van der Waals surface area contributed by atoms with Crippen LogP contribution in [0.15, 0.2) is 17.1 Å². The van der Waals surface area contributed by atoms with Crippen molar-refractivity contribution in [3.63, 3.8) is 0 Å². The summed E-state index contributed by atoms with van der Waals surface area (Å²) in [5.41, 5.74) is 2.38. The Labute approximate surface area is 107 Å². The monoisotopic (exact) mass is 251 g/mol. The van der Waals surface area contributed by atoms with Crippen LogP contribution in [0.1, 0.15) is 43.0 Å². The maximum Gasteiger partial charge on any atom is 0.184 e. The second kappa shape index (κ2) is 4.16. The molecule has 0 bridgehead atoms. The Morgan fingerprint density at radius 1 is 1.35 bits per heavy atom. The number of aromatic nitrogens is 1. The first-order chi connectivity index (χ1) is 8.16. The summed E-state index contributed by atoms with van der Waals surface area (Å²) in [6.07, 6.45) is 7.62. The fraction of sp³-hybridized carbons (Fsp3) is 0.643. The average Bonchev–Trinajstić information content (AvgIpc) is 2.33. The van der Waals surface area contributed by atoms with E-state index >= 15 is 0 Å². The Balaban J connectivity index is 2.03. The molecule has 2 aliphatic rings. The van der Waals surface area contributed by atoms with Crippen molar-refractivity contribution >= 4 is 11.6 Å². The molecule has 2 heterocycles. The van der Waals surface area contributed by atoms with E-state index < -0.39 is 0 Å². The van der Waals surface area contributed by atoms with Gasteiger partial charge in [0.25, 0.3) is 0 Å². The molecule has 1 aliphatic heterocycles. The molecule has 0 aromatic carbocycles. The molecule has 92 valence electrons. The lowest BCUT2D eigenvalue weighted by Crippen LogP contribution is -2.35. The van der Waals surface area contributed by atoms with Gasteiger partial charge >= 0.3 is 0 Å². The first kappa shape index (κ1) is 11.3. The number of pyridine rings is 1. The maximum absolute atomic E-state index is 11.7. The van der Waals surface area contributed by atoms with Crippen LogP contribution in [0.2, 0.25) is 0 Å². The van der Waals surface area contributed by atoms with E-state index in [-0.39, 0.29) is 5.43 Å². The second-order valence-electron chi connectivity index (χ2n) is 5.44. The van der Waals surface area contributed by atoms with Crippen LogP contribution in [0, 0.1) is 12.8 Å². The third-order valence-electron chi connectivity index (χ3n) is 4.49. The fourth-order valence-electron chi connectivity index (χ4n) is 3.52. The van der Waals surface area contributed by atoms with Crippen molar-refractivity contribution in [1.29, 1.82) is 0 Å². The molecule has 3 rings (SSSR count). The molecule has 3 atom stereocenters. The fourth-order valence-corrected chi connectivity index (χ4v) is 3.87. The summed E-state index contributed by atoms with van der Waals surface area (Å²) in [4.78, 5) is 11.7. The van der Waals surface area contributed by atoms with Crippen molar-refractivity contribution < 1.29 is 0 Å². The molecule has 1 aromatic rings. The van der Waals surface area contributed by atoms with Crippen molar-refractivity contribution in [2.75, 3.05) is 0 Å². The third kappa shape index (κ3) is 1.83. The van der Waals surface area contributed by atoms with E-state index in [1.165, 1.54) is 12.1 Å². The molecule has 1 fully saturated rings. The van der Waals surface area contributed by atoms with Crippen LogP contribution in [-0.4, -0.2) is 9.94 Å². The van der Waals surface area contributed by atoms with Gasteiger partial charge in [-0.2, -0.15) is 0 Å². The van der Waals surface area contributed by atoms with Crippen LogP contribution < -0.4 is 5.43 Å². The minimum absolute atomic E-state index is 0.181. The van der Waals surface area contributed by atoms with Gasteiger partial charge in [0, 0.05) is 34.9 Å². The molecule has 1 saturated carbocycles. The van der Waals surface area contributed by atoms with E-state index in [0.717, 1.165) is 31.2 Å². The van der Waals surface area contributed by atoms with E-state index in [2.05, 4.69) is 4.57 Å². The molecule has 3 unspecified atom stereocenters. The Kier molecular flexibility index (Phi) is 2.78. The van der Waals surface area contributed by atoms with Crippen LogP contribution in [0.4, 0.5) is 0 Å². The Morgan fingerprint density at radius 2 is 2.18 bits per heavy atom. The van der Waals surface area contributed by atoms with Crippen LogP contribution in [0.5, 0.6) is 0 Å². The topological polar surface area (TPSA) is 22.0 Å². The van der Waals surface area contributed by atoms with E-state index in [9.17, 15) is 4.79 Å². The normalized spacial score (nSPS) is 31.8. The summed E-state index contributed by atoms with van der Waals surface area (Å²) < 4.78 is 2.35. The number of hydrogen-bond acceptors (Lipinski definition) is 1. The first-order valence-corrected chi connectivity index (χ1v) is 6.95. The molecule has 3 heteroatoms. The van der Waals surface area contributed by atoms with Crippen molar-refractivity contribution in [3.05, 3.63) is 33.7 Å². The lowest BCUT2D eigenvalue weighted by molar-refractivity contribution is 0.201. The summed E-state index contributed by atoms with van der Waals surface area (Å²) in [5, 5.41) is 0.360. The third-order valence-corrected chi connectivity index (χ3v) is 4.88. The number of hydrogen-bond donors (Lipinski definition) is 0. The predicted octanol–water partition coefficient (Wildman–Crippen LogP) is 3.05. The molecule has 1 aliphatic carbocycles. The average molecular weight is 252 g/mol. The van der Waals surface area contributed by atoms with Crippen molar-refractivity contribution in [3.8, 4) is 0 Å². The summed E-state index contributed by atoms with van der Waals surface area (Å²) in [6, 6.07) is 2.29. The van der Waals surface area contributed by atoms with Gasteiger partial charge in [-0.15, -0.1) is 11.6 Å². The largest absolute Gasteiger partial charge is 0.348 e. The molecule has 1 aromatic heterocycles. The minimum atomic E-state index is 0.181. The van der Waals surface area contributed by atoms with Crippen LogP contribution in [0.3, 0.4) is 0 Å². The Bertz CT molecular complexity index is 493. The summed E-state index contributed by atoms with van der Waals surface area (Å²) >= 11 is 6.26. The molecule has 17 heavy (non-hydrogen) atoms. The molecular formula is C14H18ClNO. The van der Waals surface area contributed by atoms with Gasteiger partial charge < -0.3 is 4.57 Å². The molecule has 0 amide bonds. The second-order valence-corrected chi connectivity index (χ2v) is 6.05. The number of fused-ring (bicyclic) bond motifs is 3. The predicted molar refractivity (Wildman–Crippen MR) is 69.8 cm³/mol. The highest BCUT2D eigenvalue weighted by Gasteiger charge is 2.34. The quantitative estimate of drug-likeness (QED) is 0.650. The number of alkyl halides is 1. The smallest absolute Gasteiger partial charge is 0.184 e. The Hall–Kier alpha value is -0.760. The zero-order chi connectivity index (χ0) is 12.0. The SMILES string of the molecule is Cc1c2n(ccc1=O)C1CCC(Cl)CC1CC2. The van der Waals surface area contributed by atoms with Gasteiger partial charge in [0.15, 0.2) is 5.43 Å². The van der Waals surface area contributed by atoms with Crippen LogP contribution in [-0.2, 0) is 6.42 Å². The highest BCUT2D eigenvalue weighted by Crippen LogP contribution is 2.42. The molecule has 2 nitrogen and oxygen atoms in total. The molecule has 0 saturated heterocycles. The van der Waals surface area contributed by atoms with E-state index in [0.29, 0.717) is 17.3 Å². The first-order valence-electron chi connectivity index (χ1n) is 6.51. The van der Waals surface area contributed by atoms with Crippen LogP contribution >= 0.6 is 11.6 Å². The zero-order valence-corrected chi connectivity index (χ0v) is 10.9. The number of nitrogens with zero attached hydrogens (tertiary/aromatic N) is 1. The van der Waals surface area contributed by atoms with Gasteiger partial charge in [-0.3, -0.25) is 4.79 Å². The zero-order valence-electron chi connectivity index (χ0n) is 10.2.